The maximum Gasteiger partial charge on any atom is 0.293 e. The van der Waals surface area contributed by atoms with Crippen molar-refractivity contribution < 1.29 is 9.72 Å². The van der Waals surface area contributed by atoms with Crippen LogP contribution in [0.2, 0.25) is 0 Å². The Morgan fingerprint density at radius 3 is 2.60 bits per heavy atom. The lowest BCUT2D eigenvalue weighted by Gasteiger charge is -2.12. The molecule has 0 aliphatic rings. The summed E-state index contributed by atoms with van der Waals surface area (Å²) in [5, 5.41) is 17.2. The Labute approximate surface area is 118 Å². The van der Waals surface area contributed by atoms with Crippen molar-refractivity contribution in [3.8, 4) is 0 Å². The molecule has 0 atom stereocenters. The van der Waals surface area contributed by atoms with E-state index in [1.807, 2.05) is 6.92 Å². The molecule has 1 aromatic carbocycles. The Balaban J connectivity index is 2.91. The van der Waals surface area contributed by atoms with Crippen LogP contribution in [0.3, 0.4) is 0 Å². The molecular formula is C13H20N4O3. The van der Waals surface area contributed by atoms with E-state index in [2.05, 4.69) is 10.6 Å². The summed E-state index contributed by atoms with van der Waals surface area (Å²) in [5.74, 6) is -0.257. The molecule has 7 heteroatoms. The van der Waals surface area contributed by atoms with Gasteiger partial charge in [0.05, 0.1) is 4.92 Å². The van der Waals surface area contributed by atoms with E-state index in [0.717, 1.165) is 6.54 Å². The Morgan fingerprint density at radius 1 is 1.35 bits per heavy atom. The van der Waals surface area contributed by atoms with Crippen molar-refractivity contribution in [3.05, 3.63) is 33.9 Å². The van der Waals surface area contributed by atoms with Crippen LogP contribution in [-0.2, 0) is 0 Å². The minimum atomic E-state index is -0.484. The van der Waals surface area contributed by atoms with Crippen molar-refractivity contribution in [2.45, 2.75) is 6.92 Å². The number of hydrogen-bond acceptors (Lipinski definition) is 5. The van der Waals surface area contributed by atoms with E-state index in [0.29, 0.717) is 24.3 Å². The van der Waals surface area contributed by atoms with Crippen molar-refractivity contribution in [2.75, 3.05) is 39.0 Å². The Hall–Kier alpha value is -2.15. The van der Waals surface area contributed by atoms with E-state index in [9.17, 15) is 14.9 Å². The average Bonchev–Trinajstić information content (AvgIpc) is 2.42. The summed E-state index contributed by atoms with van der Waals surface area (Å²) in [4.78, 5) is 23.8. The highest BCUT2D eigenvalue weighted by Crippen LogP contribution is 2.25. The second kappa shape index (κ2) is 7.44. The number of nitrogens with one attached hydrogen (secondary N) is 2. The van der Waals surface area contributed by atoms with Gasteiger partial charge in [0.2, 0.25) is 0 Å². The fourth-order valence-corrected chi connectivity index (χ4v) is 1.69. The first-order valence-corrected chi connectivity index (χ1v) is 6.42. The summed E-state index contributed by atoms with van der Waals surface area (Å²) in [7, 11) is 3.22. The Kier molecular flexibility index (Phi) is 5.92. The van der Waals surface area contributed by atoms with Crippen molar-refractivity contribution >= 4 is 17.3 Å². The van der Waals surface area contributed by atoms with E-state index < -0.39 is 4.92 Å². The third-order valence-electron chi connectivity index (χ3n) is 2.71. The summed E-state index contributed by atoms with van der Waals surface area (Å²) < 4.78 is 0. The number of hydrogen-bond donors (Lipinski definition) is 2. The number of anilines is 1. The number of nitrogens with zero attached hydrogens (tertiary/aromatic N) is 2. The molecule has 0 radical (unpaired) electrons. The highest BCUT2D eigenvalue weighted by molar-refractivity contribution is 5.95. The van der Waals surface area contributed by atoms with Gasteiger partial charge in [0.25, 0.3) is 11.6 Å². The number of nitro groups is 1. The van der Waals surface area contributed by atoms with Gasteiger partial charge >= 0.3 is 0 Å². The minimum absolute atomic E-state index is 0.0887. The fourth-order valence-electron chi connectivity index (χ4n) is 1.69. The SMILES string of the molecule is CCNCCNc1ccc(C(=O)N(C)C)cc1[N+](=O)[O-]. The molecule has 0 aliphatic carbocycles. The smallest absolute Gasteiger partial charge is 0.293 e. The van der Waals surface area contributed by atoms with Gasteiger partial charge in [-0.1, -0.05) is 6.92 Å². The van der Waals surface area contributed by atoms with Crippen LogP contribution in [0.25, 0.3) is 0 Å². The number of likely N-dealkylation sites (N-methyl/N-ethyl adjacent to an activating group) is 1. The van der Waals surface area contributed by atoms with E-state index in [-0.39, 0.29) is 11.6 Å². The third-order valence-corrected chi connectivity index (χ3v) is 2.71. The second-order valence-corrected chi connectivity index (χ2v) is 4.47. The summed E-state index contributed by atoms with van der Waals surface area (Å²) in [5.41, 5.74) is 0.636. The lowest BCUT2D eigenvalue weighted by atomic mass is 10.1. The maximum absolute atomic E-state index is 11.8. The highest BCUT2D eigenvalue weighted by atomic mass is 16.6. The number of benzene rings is 1. The second-order valence-electron chi connectivity index (χ2n) is 4.47. The van der Waals surface area contributed by atoms with Crippen molar-refractivity contribution in [1.29, 1.82) is 0 Å². The van der Waals surface area contributed by atoms with Crippen molar-refractivity contribution in [3.63, 3.8) is 0 Å². The molecule has 1 aromatic rings. The van der Waals surface area contributed by atoms with Crippen LogP contribution in [0.5, 0.6) is 0 Å². The molecule has 0 saturated carbocycles. The van der Waals surface area contributed by atoms with Gasteiger partial charge in [-0.05, 0) is 18.7 Å². The molecule has 0 bridgehead atoms. The number of nitro benzene ring substituents is 1. The highest BCUT2D eigenvalue weighted by Gasteiger charge is 2.18. The molecule has 0 aliphatic heterocycles. The average molecular weight is 280 g/mol. The zero-order valence-electron chi connectivity index (χ0n) is 12.0. The molecule has 0 heterocycles. The van der Waals surface area contributed by atoms with Crippen molar-refractivity contribution in [1.82, 2.24) is 10.2 Å². The first kappa shape index (κ1) is 15.9. The standard InChI is InChI=1S/C13H20N4O3/c1-4-14-7-8-15-11-6-5-10(13(18)16(2)3)9-12(11)17(19)20/h5-6,9,14-15H,4,7-8H2,1-3H3. The predicted octanol–water partition coefficient (Wildman–Crippen LogP) is 1.32. The minimum Gasteiger partial charge on any atom is -0.378 e. The van der Waals surface area contributed by atoms with Gasteiger partial charge in [0, 0.05) is 38.8 Å². The van der Waals surface area contributed by atoms with Crippen LogP contribution in [0.15, 0.2) is 18.2 Å². The first-order chi connectivity index (χ1) is 9.47. The zero-order valence-corrected chi connectivity index (χ0v) is 12.0. The summed E-state index contributed by atoms with van der Waals surface area (Å²) in [6.07, 6.45) is 0. The quantitative estimate of drug-likeness (QED) is 0.447. The van der Waals surface area contributed by atoms with Gasteiger partial charge in [0.1, 0.15) is 5.69 Å². The molecule has 0 unspecified atom stereocenters. The van der Waals surface area contributed by atoms with Crippen LogP contribution in [-0.4, -0.2) is 49.5 Å². The van der Waals surface area contributed by atoms with Crippen LogP contribution >= 0.6 is 0 Å². The molecule has 0 fully saturated rings. The van der Waals surface area contributed by atoms with E-state index in [4.69, 9.17) is 0 Å². The van der Waals surface area contributed by atoms with Crippen LogP contribution in [0.1, 0.15) is 17.3 Å². The fraction of sp³-hybridized carbons (Fsp3) is 0.462. The van der Waals surface area contributed by atoms with Crippen LogP contribution in [0, 0.1) is 10.1 Å². The number of rotatable bonds is 7. The van der Waals surface area contributed by atoms with Gasteiger partial charge in [0.15, 0.2) is 0 Å². The Bertz CT molecular complexity index is 489. The van der Waals surface area contributed by atoms with Gasteiger partial charge < -0.3 is 15.5 Å². The maximum atomic E-state index is 11.8. The van der Waals surface area contributed by atoms with Crippen molar-refractivity contribution in [2.24, 2.45) is 0 Å². The summed E-state index contributed by atoms with van der Waals surface area (Å²) in [6, 6.07) is 4.46. The molecule has 20 heavy (non-hydrogen) atoms. The van der Waals surface area contributed by atoms with Gasteiger partial charge in [-0.15, -0.1) is 0 Å². The molecule has 0 spiro atoms. The number of carbonyl (C=O) groups is 1. The van der Waals surface area contributed by atoms with E-state index in [1.54, 1.807) is 26.2 Å². The largest absolute Gasteiger partial charge is 0.378 e. The monoisotopic (exact) mass is 280 g/mol. The van der Waals surface area contributed by atoms with Crippen LogP contribution in [0.4, 0.5) is 11.4 Å². The van der Waals surface area contributed by atoms with Crippen LogP contribution < -0.4 is 10.6 Å². The molecule has 0 saturated heterocycles. The molecule has 110 valence electrons. The molecular weight excluding hydrogens is 260 g/mol. The van der Waals surface area contributed by atoms with E-state index >= 15 is 0 Å². The Morgan fingerprint density at radius 2 is 2.05 bits per heavy atom. The summed E-state index contributed by atoms with van der Waals surface area (Å²) in [6.45, 7) is 4.13. The molecule has 1 amide bonds. The van der Waals surface area contributed by atoms with Gasteiger partial charge in [-0.3, -0.25) is 14.9 Å². The lowest BCUT2D eigenvalue weighted by molar-refractivity contribution is -0.384. The van der Waals surface area contributed by atoms with Gasteiger partial charge in [-0.25, -0.2) is 0 Å². The molecule has 7 nitrogen and oxygen atoms in total. The molecule has 1 rings (SSSR count). The number of carbonyl (C=O) groups excluding carboxylic acids is 1. The topological polar surface area (TPSA) is 87.5 Å². The van der Waals surface area contributed by atoms with Gasteiger partial charge in [-0.2, -0.15) is 0 Å². The summed E-state index contributed by atoms with van der Waals surface area (Å²) >= 11 is 0. The molecule has 2 N–H and O–H groups in total. The molecule has 0 aromatic heterocycles. The predicted molar refractivity (Wildman–Crippen MR) is 78.1 cm³/mol. The first-order valence-electron chi connectivity index (χ1n) is 6.42. The zero-order chi connectivity index (χ0) is 15.1. The lowest BCUT2D eigenvalue weighted by Crippen LogP contribution is -2.23. The normalized spacial score (nSPS) is 10.2. The third kappa shape index (κ3) is 4.20. The van der Waals surface area contributed by atoms with E-state index in [1.165, 1.54) is 11.0 Å². The number of amides is 1.